The van der Waals surface area contributed by atoms with Gasteiger partial charge in [-0.2, -0.15) is 0 Å². The highest BCUT2D eigenvalue weighted by molar-refractivity contribution is 5.82. The minimum atomic E-state index is -0.246. The van der Waals surface area contributed by atoms with Gasteiger partial charge in [0.2, 0.25) is 5.91 Å². The minimum Gasteiger partial charge on any atom is -0.508 e. The molecular weight excluding hydrogens is 270 g/mol. The zero-order chi connectivity index (χ0) is 15.4. The lowest BCUT2D eigenvalue weighted by Gasteiger charge is -2.39. The molecule has 1 aromatic rings. The van der Waals surface area contributed by atoms with E-state index in [9.17, 15) is 9.90 Å². The summed E-state index contributed by atoms with van der Waals surface area (Å²) in [6.07, 6.45) is 0. The Labute approximate surface area is 125 Å². The molecule has 0 aromatic heterocycles. The molecule has 1 saturated heterocycles. The normalized spacial score (nSPS) is 20.8. The van der Waals surface area contributed by atoms with E-state index in [1.807, 2.05) is 13.0 Å². The fourth-order valence-electron chi connectivity index (χ4n) is 2.77. The summed E-state index contributed by atoms with van der Waals surface area (Å²) < 4.78 is 5.22. The molecule has 1 aromatic carbocycles. The number of nitrogens with zero attached hydrogens (tertiary/aromatic N) is 1. The summed E-state index contributed by atoms with van der Waals surface area (Å²) in [5, 5.41) is 16.0. The van der Waals surface area contributed by atoms with Crippen molar-refractivity contribution in [1.29, 1.82) is 0 Å². The van der Waals surface area contributed by atoms with Crippen molar-refractivity contribution in [2.45, 2.75) is 19.0 Å². The SMILES string of the molecule is CNC(=O)C1CNCCN1C(C)c1cc(OC)ccc1O. The van der Waals surface area contributed by atoms with E-state index in [0.29, 0.717) is 12.3 Å². The molecule has 1 aliphatic rings. The lowest BCUT2D eigenvalue weighted by Crippen LogP contribution is -2.57. The molecule has 6 heteroatoms. The standard InChI is InChI=1S/C15H23N3O3/c1-10(12-8-11(21-3)4-5-14(12)19)18-7-6-17-9-13(18)15(20)16-2/h4-5,8,10,13,17,19H,6-7,9H2,1-3H3,(H,16,20). The number of rotatable bonds is 4. The molecule has 2 unspecified atom stereocenters. The van der Waals surface area contributed by atoms with Crippen molar-refractivity contribution in [3.8, 4) is 11.5 Å². The Morgan fingerprint density at radius 3 is 3.00 bits per heavy atom. The number of carbonyl (C=O) groups excluding carboxylic acids is 1. The first-order chi connectivity index (χ1) is 10.1. The van der Waals surface area contributed by atoms with E-state index >= 15 is 0 Å². The van der Waals surface area contributed by atoms with Crippen LogP contribution < -0.4 is 15.4 Å². The van der Waals surface area contributed by atoms with Gasteiger partial charge < -0.3 is 20.5 Å². The van der Waals surface area contributed by atoms with Gasteiger partial charge in [0, 0.05) is 38.3 Å². The lowest BCUT2D eigenvalue weighted by molar-refractivity contribution is -0.127. The van der Waals surface area contributed by atoms with Crippen LogP contribution in [0.5, 0.6) is 11.5 Å². The van der Waals surface area contributed by atoms with Gasteiger partial charge in [-0.15, -0.1) is 0 Å². The zero-order valence-corrected chi connectivity index (χ0v) is 12.7. The molecule has 1 amide bonds. The van der Waals surface area contributed by atoms with Crippen LogP contribution in [0.3, 0.4) is 0 Å². The van der Waals surface area contributed by atoms with Gasteiger partial charge >= 0.3 is 0 Å². The Hall–Kier alpha value is -1.79. The van der Waals surface area contributed by atoms with Gasteiger partial charge in [-0.1, -0.05) is 0 Å². The number of ether oxygens (including phenoxy) is 1. The van der Waals surface area contributed by atoms with Gasteiger partial charge in [-0.3, -0.25) is 9.69 Å². The lowest BCUT2D eigenvalue weighted by atomic mass is 10.0. The number of likely N-dealkylation sites (N-methyl/N-ethyl adjacent to an activating group) is 1. The van der Waals surface area contributed by atoms with Crippen molar-refractivity contribution < 1.29 is 14.6 Å². The molecule has 2 atom stereocenters. The van der Waals surface area contributed by atoms with Crippen LogP contribution in [-0.4, -0.2) is 55.7 Å². The van der Waals surface area contributed by atoms with Crippen molar-refractivity contribution in [2.75, 3.05) is 33.8 Å². The minimum absolute atomic E-state index is 0.0172. The molecule has 0 spiro atoms. The Balaban J connectivity index is 2.28. The average molecular weight is 293 g/mol. The number of phenols is 1. The third kappa shape index (κ3) is 3.28. The van der Waals surface area contributed by atoms with Gasteiger partial charge in [-0.05, 0) is 25.1 Å². The quantitative estimate of drug-likeness (QED) is 0.753. The van der Waals surface area contributed by atoms with E-state index in [0.717, 1.165) is 18.7 Å². The number of amides is 1. The van der Waals surface area contributed by atoms with Crippen LogP contribution in [0.15, 0.2) is 18.2 Å². The van der Waals surface area contributed by atoms with Crippen LogP contribution in [-0.2, 0) is 4.79 Å². The number of methoxy groups -OCH3 is 1. The van der Waals surface area contributed by atoms with Crippen molar-refractivity contribution >= 4 is 5.91 Å². The Morgan fingerprint density at radius 1 is 1.57 bits per heavy atom. The first kappa shape index (κ1) is 15.6. The molecule has 0 saturated carbocycles. The molecule has 116 valence electrons. The summed E-state index contributed by atoms with van der Waals surface area (Å²) in [6, 6.07) is 4.85. The molecule has 0 bridgehead atoms. The number of phenolic OH excluding ortho intramolecular Hbond substituents is 1. The third-order valence-corrected chi connectivity index (χ3v) is 4.02. The predicted octanol–water partition coefficient (Wildman–Crippen LogP) is 0.482. The van der Waals surface area contributed by atoms with Crippen LogP contribution in [0.25, 0.3) is 0 Å². The molecule has 6 nitrogen and oxygen atoms in total. The van der Waals surface area contributed by atoms with E-state index in [4.69, 9.17) is 4.74 Å². The summed E-state index contributed by atoms with van der Waals surface area (Å²) in [7, 11) is 3.24. The summed E-state index contributed by atoms with van der Waals surface area (Å²) in [6.45, 7) is 4.17. The third-order valence-electron chi connectivity index (χ3n) is 4.02. The monoisotopic (exact) mass is 293 g/mol. The second kappa shape index (κ2) is 6.78. The molecule has 1 fully saturated rings. The first-order valence-corrected chi connectivity index (χ1v) is 7.13. The van der Waals surface area contributed by atoms with Crippen LogP contribution in [0, 0.1) is 0 Å². The van der Waals surface area contributed by atoms with Gasteiger partial charge in [0.25, 0.3) is 0 Å². The summed E-state index contributed by atoms with van der Waals surface area (Å²) >= 11 is 0. The molecule has 21 heavy (non-hydrogen) atoms. The molecule has 2 rings (SSSR count). The van der Waals surface area contributed by atoms with Crippen LogP contribution >= 0.6 is 0 Å². The van der Waals surface area contributed by atoms with Gasteiger partial charge in [0.15, 0.2) is 0 Å². The van der Waals surface area contributed by atoms with E-state index in [1.54, 1.807) is 26.3 Å². The molecular formula is C15H23N3O3. The maximum absolute atomic E-state index is 12.0. The molecule has 0 aliphatic carbocycles. The van der Waals surface area contributed by atoms with Crippen LogP contribution in [0.2, 0.25) is 0 Å². The second-order valence-electron chi connectivity index (χ2n) is 5.17. The number of carbonyl (C=O) groups is 1. The fraction of sp³-hybridized carbons (Fsp3) is 0.533. The Kier molecular flexibility index (Phi) is 5.03. The summed E-state index contributed by atoms with van der Waals surface area (Å²) in [5.41, 5.74) is 0.769. The number of benzene rings is 1. The molecule has 0 radical (unpaired) electrons. The van der Waals surface area contributed by atoms with E-state index < -0.39 is 0 Å². The van der Waals surface area contributed by atoms with Gasteiger partial charge in [0.1, 0.15) is 17.5 Å². The Bertz CT molecular complexity index is 507. The van der Waals surface area contributed by atoms with Gasteiger partial charge in [-0.25, -0.2) is 0 Å². The predicted molar refractivity (Wildman–Crippen MR) is 80.5 cm³/mol. The molecule has 1 aliphatic heterocycles. The fourth-order valence-corrected chi connectivity index (χ4v) is 2.77. The second-order valence-corrected chi connectivity index (χ2v) is 5.17. The Morgan fingerprint density at radius 2 is 2.33 bits per heavy atom. The number of hydrogen-bond donors (Lipinski definition) is 3. The highest BCUT2D eigenvalue weighted by atomic mass is 16.5. The molecule has 1 heterocycles. The average Bonchev–Trinajstić information content (AvgIpc) is 2.54. The maximum Gasteiger partial charge on any atom is 0.238 e. The smallest absolute Gasteiger partial charge is 0.238 e. The van der Waals surface area contributed by atoms with E-state index in [-0.39, 0.29) is 23.7 Å². The maximum atomic E-state index is 12.0. The van der Waals surface area contributed by atoms with Gasteiger partial charge in [0.05, 0.1) is 7.11 Å². The van der Waals surface area contributed by atoms with Crippen molar-refractivity contribution in [3.05, 3.63) is 23.8 Å². The van der Waals surface area contributed by atoms with Crippen LogP contribution in [0.4, 0.5) is 0 Å². The van der Waals surface area contributed by atoms with Crippen molar-refractivity contribution in [3.63, 3.8) is 0 Å². The van der Waals surface area contributed by atoms with E-state index in [1.165, 1.54) is 0 Å². The first-order valence-electron chi connectivity index (χ1n) is 7.13. The van der Waals surface area contributed by atoms with E-state index in [2.05, 4.69) is 15.5 Å². The highest BCUT2D eigenvalue weighted by Gasteiger charge is 2.32. The summed E-state index contributed by atoms with van der Waals surface area (Å²) in [4.78, 5) is 14.1. The highest BCUT2D eigenvalue weighted by Crippen LogP contribution is 2.33. The largest absolute Gasteiger partial charge is 0.508 e. The number of hydrogen-bond acceptors (Lipinski definition) is 5. The van der Waals surface area contributed by atoms with Crippen molar-refractivity contribution in [2.24, 2.45) is 0 Å². The van der Waals surface area contributed by atoms with Crippen LogP contribution in [0.1, 0.15) is 18.5 Å². The summed E-state index contributed by atoms with van der Waals surface area (Å²) in [5.74, 6) is 0.898. The van der Waals surface area contributed by atoms with Crippen molar-refractivity contribution in [1.82, 2.24) is 15.5 Å². The number of piperazine rings is 1. The topological polar surface area (TPSA) is 73.8 Å². The number of nitrogens with one attached hydrogen (secondary N) is 2. The molecule has 3 N–H and O–H groups in total. The zero-order valence-electron chi connectivity index (χ0n) is 12.7. The number of aromatic hydroxyl groups is 1.